The molecule has 0 radical (unpaired) electrons. The summed E-state index contributed by atoms with van der Waals surface area (Å²) in [4.78, 5) is 10.5. The number of hydrogen-bond acceptors (Lipinski definition) is 5. The van der Waals surface area contributed by atoms with Crippen molar-refractivity contribution in [3.05, 3.63) is 33.9 Å². The van der Waals surface area contributed by atoms with E-state index < -0.39 is 14.9 Å². The fourth-order valence-corrected chi connectivity index (χ4v) is 5.67. The lowest BCUT2D eigenvalue weighted by atomic mass is 9.78. The number of nitro benzene ring substituents is 1. The number of nitrogens with two attached hydrogens (primary N) is 1. The van der Waals surface area contributed by atoms with Crippen molar-refractivity contribution < 1.29 is 13.3 Å². The molecule has 3 rings (SSSR count). The van der Waals surface area contributed by atoms with Gasteiger partial charge in [-0.25, -0.2) is 8.42 Å². The first kappa shape index (κ1) is 19.1. The maximum atomic E-state index is 12.9. The largest absolute Gasteiger partial charge is 0.327 e. The molecule has 9 heteroatoms. The second-order valence-corrected chi connectivity index (χ2v) is 8.40. The molecule has 1 aromatic carbocycles. The number of nitrogens with zero attached hydrogens (tertiary/aromatic N) is 2. The number of halogens is 1. The summed E-state index contributed by atoms with van der Waals surface area (Å²) in [7, 11) is -3.73. The molecule has 3 unspecified atom stereocenters. The van der Waals surface area contributed by atoms with Crippen molar-refractivity contribution in [1.29, 1.82) is 0 Å². The zero-order chi connectivity index (χ0) is 16.8. The zero-order valence-electron chi connectivity index (χ0n) is 13.4. The van der Waals surface area contributed by atoms with E-state index in [9.17, 15) is 18.5 Å². The van der Waals surface area contributed by atoms with Crippen LogP contribution in [0.15, 0.2) is 23.1 Å². The Bertz CT molecular complexity index is 740. The molecule has 0 aromatic heterocycles. The lowest BCUT2D eigenvalue weighted by molar-refractivity contribution is -0.385. The summed E-state index contributed by atoms with van der Waals surface area (Å²) >= 11 is 0. The van der Waals surface area contributed by atoms with Crippen LogP contribution in [0.4, 0.5) is 5.69 Å². The molecule has 2 fully saturated rings. The number of sulfonamides is 1. The standard InChI is InChI=1S/C15H21N3O4S.ClH/c1-10-14(18(19)20)6-3-7-15(10)23(21,22)17-8-11-4-2-5-13(16)12(11)9-17;/h3,6-7,11-13H,2,4-5,8-9,16H2,1H3;1H. The third kappa shape index (κ3) is 3.15. The number of benzene rings is 1. The molecule has 1 heterocycles. The quantitative estimate of drug-likeness (QED) is 0.642. The first-order chi connectivity index (χ1) is 10.8. The van der Waals surface area contributed by atoms with Gasteiger partial charge in [0.1, 0.15) is 0 Å². The van der Waals surface area contributed by atoms with E-state index >= 15 is 0 Å². The average Bonchev–Trinajstić information content (AvgIpc) is 2.93. The van der Waals surface area contributed by atoms with Gasteiger partial charge in [-0.1, -0.05) is 12.5 Å². The van der Waals surface area contributed by atoms with Crippen LogP contribution < -0.4 is 5.73 Å². The summed E-state index contributed by atoms with van der Waals surface area (Å²) in [6.45, 7) is 2.36. The normalized spacial score (nSPS) is 27.3. The van der Waals surface area contributed by atoms with Crippen molar-refractivity contribution in [3.63, 3.8) is 0 Å². The van der Waals surface area contributed by atoms with Gasteiger partial charge in [0.15, 0.2) is 0 Å². The van der Waals surface area contributed by atoms with E-state index in [1.165, 1.54) is 29.4 Å². The molecule has 1 aromatic rings. The molecular weight excluding hydrogens is 354 g/mol. The maximum Gasteiger partial charge on any atom is 0.273 e. The second-order valence-electron chi connectivity index (χ2n) is 6.50. The van der Waals surface area contributed by atoms with Crippen LogP contribution in [0.25, 0.3) is 0 Å². The Morgan fingerprint density at radius 3 is 2.62 bits per heavy atom. The molecule has 1 aliphatic carbocycles. The fraction of sp³-hybridized carbons (Fsp3) is 0.600. The minimum absolute atomic E-state index is 0. The van der Waals surface area contributed by atoms with Crippen LogP contribution in [0.1, 0.15) is 24.8 Å². The van der Waals surface area contributed by atoms with Crippen LogP contribution in [-0.2, 0) is 10.0 Å². The Kier molecular flexibility index (Phi) is 5.54. The van der Waals surface area contributed by atoms with Crippen molar-refractivity contribution in [2.24, 2.45) is 17.6 Å². The topological polar surface area (TPSA) is 107 Å². The van der Waals surface area contributed by atoms with Crippen molar-refractivity contribution in [1.82, 2.24) is 4.31 Å². The van der Waals surface area contributed by atoms with Crippen LogP contribution in [0.3, 0.4) is 0 Å². The predicted octanol–water partition coefficient (Wildman–Crippen LogP) is 2.07. The lowest BCUT2D eigenvalue weighted by Crippen LogP contribution is -2.38. The lowest BCUT2D eigenvalue weighted by Gasteiger charge is -2.29. The molecular formula is C15H22ClN3O4S. The van der Waals surface area contributed by atoms with Gasteiger partial charge < -0.3 is 5.73 Å². The van der Waals surface area contributed by atoms with Gasteiger partial charge in [-0.15, -0.1) is 12.4 Å². The Hall–Kier alpha value is -1.22. The van der Waals surface area contributed by atoms with Crippen LogP contribution in [-0.4, -0.2) is 36.8 Å². The van der Waals surface area contributed by atoms with E-state index in [0.717, 1.165) is 19.3 Å². The molecule has 1 saturated heterocycles. The van der Waals surface area contributed by atoms with Crippen molar-refractivity contribution in [3.8, 4) is 0 Å². The van der Waals surface area contributed by atoms with Crippen LogP contribution in [0, 0.1) is 28.9 Å². The Morgan fingerprint density at radius 2 is 2.00 bits per heavy atom. The van der Waals surface area contributed by atoms with E-state index in [4.69, 9.17) is 5.73 Å². The molecule has 0 spiro atoms. The van der Waals surface area contributed by atoms with Gasteiger partial charge >= 0.3 is 0 Å². The molecule has 7 nitrogen and oxygen atoms in total. The number of fused-ring (bicyclic) bond motifs is 1. The molecule has 134 valence electrons. The smallest absolute Gasteiger partial charge is 0.273 e. The summed E-state index contributed by atoms with van der Waals surface area (Å²) < 4.78 is 27.3. The summed E-state index contributed by atoms with van der Waals surface area (Å²) in [6, 6.07) is 4.24. The third-order valence-corrected chi connectivity index (χ3v) is 7.17. The summed E-state index contributed by atoms with van der Waals surface area (Å²) in [6.07, 6.45) is 2.97. The van der Waals surface area contributed by atoms with Crippen LogP contribution in [0.5, 0.6) is 0 Å². The van der Waals surface area contributed by atoms with E-state index in [1.807, 2.05) is 0 Å². The van der Waals surface area contributed by atoms with Crippen LogP contribution >= 0.6 is 12.4 Å². The SMILES string of the molecule is Cc1c([N+](=O)[O-])cccc1S(=O)(=O)N1CC2CCCC(N)C2C1.Cl. The molecule has 2 N–H and O–H groups in total. The molecule has 3 atom stereocenters. The Morgan fingerprint density at radius 1 is 1.29 bits per heavy atom. The third-order valence-electron chi connectivity index (χ3n) is 5.19. The Labute approximate surface area is 147 Å². The van der Waals surface area contributed by atoms with Gasteiger partial charge in [0.25, 0.3) is 5.69 Å². The fourth-order valence-electron chi connectivity index (χ4n) is 3.89. The highest BCUT2D eigenvalue weighted by molar-refractivity contribution is 7.89. The number of rotatable bonds is 3. The van der Waals surface area contributed by atoms with E-state index in [0.29, 0.717) is 19.0 Å². The average molecular weight is 376 g/mol. The zero-order valence-corrected chi connectivity index (χ0v) is 15.1. The van der Waals surface area contributed by atoms with Crippen LogP contribution in [0.2, 0.25) is 0 Å². The Balaban J connectivity index is 0.00000208. The minimum Gasteiger partial charge on any atom is -0.327 e. The van der Waals surface area contributed by atoms with Gasteiger partial charge in [0, 0.05) is 30.8 Å². The van der Waals surface area contributed by atoms with Gasteiger partial charge in [-0.05, 0) is 37.7 Å². The number of hydrogen-bond donors (Lipinski definition) is 1. The maximum absolute atomic E-state index is 12.9. The second kappa shape index (κ2) is 6.95. The first-order valence-corrected chi connectivity index (χ1v) is 9.26. The number of nitro groups is 1. The van der Waals surface area contributed by atoms with Crippen molar-refractivity contribution in [2.75, 3.05) is 13.1 Å². The van der Waals surface area contributed by atoms with E-state index in [-0.39, 0.29) is 40.5 Å². The molecule has 24 heavy (non-hydrogen) atoms. The summed E-state index contributed by atoms with van der Waals surface area (Å²) in [5.74, 6) is 0.491. The monoisotopic (exact) mass is 375 g/mol. The van der Waals surface area contributed by atoms with E-state index in [1.54, 1.807) is 0 Å². The molecule has 1 saturated carbocycles. The summed E-state index contributed by atoms with van der Waals surface area (Å²) in [5.41, 5.74) is 6.17. The van der Waals surface area contributed by atoms with Gasteiger partial charge in [0.2, 0.25) is 10.0 Å². The van der Waals surface area contributed by atoms with Gasteiger partial charge in [0.05, 0.1) is 9.82 Å². The molecule has 1 aliphatic heterocycles. The predicted molar refractivity (Wildman–Crippen MR) is 92.6 cm³/mol. The van der Waals surface area contributed by atoms with E-state index in [2.05, 4.69) is 0 Å². The summed E-state index contributed by atoms with van der Waals surface area (Å²) in [5, 5.41) is 11.1. The van der Waals surface area contributed by atoms with Gasteiger partial charge in [-0.3, -0.25) is 10.1 Å². The minimum atomic E-state index is -3.73. The molecule has 2 aliphatic rings. The first-order valence-electron chi connectivity index (χ1n) is 7.82. The molecule has 0 bridgehead atoms. The highest BCUT2D eigenvalue weighted by Crippen LogP contribution is 2.38. The highest BCUT2D eigenvalue weighted by atomic mass is 35.5. The van der Waals surface area contributed by atoms with Gasteiger partial charge in [-0.2, -0.15) is 4.31 Å². The van der Waals surface area contributed by atoms with Crippen molar-refractivity contribution >= 4 is 28.1 Å². The highest BCUT2D eigenvalue weighted by Gasteiger charge is 2.43. The molecule has 0 amide bonds. The van der Waals surface area contributed by atoms with Crippen molar-refractivity contribution in [2.45, 2.75) is 37.1 Å².